The summed E-state index contributed by atoms with van der Waals surface area (Å²) in [4.78, 5) is 35.8. The Hall–Kier alpha value is -3.30. The molecule has 0 aliphatic carbocycles. The van der Waals surface area contributed by atoms with Crippen molar-refractivity contribution >= 4 is 50.0 Å². The Morgan fingerprint density at radius 3 is 2.81 bits per heavy atom. The molecular weight excluding hydrogens is 441 g/mol. The predicted octanol–water partition coefficient (Wildman–Crippen LogP) is 3.92. The molecule has 0 atom stereocenters. The summed E-state index contributed by atoms with van der Waals surface area (Å²) < 4.78 is 14.9. The summed E-state index contributed by atoms with van der Waals surface area (Å²) in [5, 5.41) is 3.36. The van der Waals surface area contributed by atoms with Gasteiger partial charge < -0.3 is 10.2 Å². The number of carbonyl (C=O) groups is 1. The number of rotatable bonds is 6. The van der Waals surface area contributed by atoms with Gasteiger partial charge in [0.15, 0.2) is 10.8 Å². The van der Waals surface area contributed by atoms with Crippen LogP contribution in [0.15, 0.2) is 59.7 Å². The number of halogens is 2. The maximum atomic E-state index is 13.4. The lowest BCUT2D eigenvalue weighted by atomic mass is 10.2. The van der Waals surface area contributed by atoms with E-state index in [1.807, 2.05) is 42.3 Å². The zero-order chi connectivity index (χ0) is 22.0. The fourth-order valence-corrected chi connectivity index (χ4v) is 4.07. The van der Waals surface area contributed by atoms with Gasteiger partial charge in [-0.1, -0.05) is 53.3 Å². The fourth-order valence-electron chi connectivity index (χ4n) is 2.97. The van der Waals surface area contributed by atoms with E-state index in [2.05, 4.69) is 15.3 Å². The third-order valence-corrected chi connectivity index (χ3v) is 5.95. The van der Waals surface area contributed by atoms with Crippen molar-refractivity contribution in [1.29, 1.82) is 0 Å². The zero-order valence-corrected chi connectivity index (χ0v) is 18.0. The highest BCUT2D eigenvalue weighted by atomic mass is 35.5. The predicted molar refractivity (Wildman–Crippen MR) is 120 cm³/mol. The van der Waals surface area contributed by atoms with E-state index >= 15 is 0 Å². The number of fused-ring (bicyclic) bond motifs is 1. The molecule has 0 aliphatic heterocycles. The molecule has 2 aromatic heterocycles. The number of thiazole rings is 1. The Balaban J connectivity index is 1.53. The molecule has 158 valence electrons. The summed E-state index contributed by atoms with van der Waals surface area (Å²) in [6.45, 7) is 0.341. The molecule has 0 aliphatic rings. The van der Waals surface area contributed by atoms with Crippen LogP contribution in [0.4, 0.5) is 15.2 Å². The van der Waals surface area contributed by atoms with Gasteiger partial charge in [-0.25, -0.2) is 9.37 Å². The minimum atomic E-state index is -0.531. The van der Waals surface area contributed by atoms with Crippen LogP contribution in [0.1, 0.15) is 5.56 Å². The first-order valence-corrected chi connectivity index (χ1v) is 10.5. The third kappa shape index (κ3) is 4.73. The Labute approximate surface area is 185 Å². The van der Waals surface area contributed by atoms with Gasteiger partial charge in [-0.05, 0) is 23.8 Å². The highest BCUT2D eigenvalue weighted by molar-refractivity contribution is 7.22. The Bertz CT molecular complexity index is 1310. The first-order valence-electron chi connectivity index (χ1n) is 9.26. The molecule has 0 saturated heterocycles. The SMILES string of the molecule is CN(Cc1ccccc1)c1nc2ncn(CC(=O)Nc3cc(F)ccc3Cl)c(=O)c2s1. The number of benzene rings is 2. The first kappa shape index (κ1) is 21.0. The van der Waals surface area contributed by atoms with Crippen LogP contribution in [0.25, 0.3) is 10.3 Å². The maximum absolute atomic E-state index is 13.4. The number of hydrogen-bond donors (Lipinski definition) is 1. The van der Waals surface area contributed by atoms with Crippen molar-refractivity contribution in [3.05, 3.63) is 81.6 Å². The molecule has 10 heteroatoms. The molecule has 0 spiro atoms. The van der Waals surface area contributed by atoms with Crippen molar-refractivity contribution in [3.8, 4) is 0 Å². The van der Waals surface area contributed by atoms with Crippen molar-refractivity contribution in [2.45, 2.75) is 13.1 Å². The second-order valence-corrected chi connectivity index (χ2v) is 8.23. The van der Waals surface area contributed by atoms with Gasteiger partial charge in [-0.3, -0.25) is 14.2 Å². The number of aromatic nitrogens is 3. The third-order valence-electron chi connectivity index (χ3n) is 4.48. The van der Waals surface area contributed by atoms with Crippen LogP contribution >= 0.6 is 22.9 Å². The van der Waals surface area contributed by atoms with Crippen LogP contribution in [-0.4, -0.2) is 27.5 Å². The smallest absolute Gasteiger partial charge is 0.273 e. The van der Waals surface area contributed by atoms with Crippen molar-refractivity contribution in [1.82, 2.24) is 14.5 Å². The molecule has 0 unspecified atom stereocenters. The van der Waals surface area contributed by atoms with E-state index in [1.54, 1.807) is 0 Å². The number of nitrogens with zero attached hydrogens (tertiary/aromatic N) is 4. The molecule has 1 amide bonds. The van der Waals surface area contributed by atoms with Gasteiger partial charge in [-0.2, -0.15) is 4.98 Å². The summed E-state index contributed by atoms with van der Waals surface area (Å²) in [7, 11) is 1.89. The average molecular weight is 458 g/mol. The lowest BCUT2D eigenvalue weighted by molar-refractivity contribution is -0.116. The Kier molecular flexibility index (Phi) is 5.97. The van der Waals surface area contributed by atoms with Gasteiger partial charge in [0.1, 0.15) is 23.4 Å². The van der Waals surface area contributed by atoms with Gasteiger partial charge in [-0.15, -0.1) is 0 Å². The molecule has 1 N–H and O–H groups in total. The molecule has 0 fully saturated rings. The number of amides is 1. The molecular formula is C21H17ClFN5O2S. The standard InChI is InChI=1S/C21H17ClFN5O2S/c1-27(10-13-5-3-2-4-6-13)21-26-19-18(31-21)20(30)28(12-24-19)11-17(29)25-16-9-14(23)7-8-15(16)22/h2-9,12H,10-11H2,1H3,(H,25,29). The van der Waals surface area contributed by atoms with E-state index < -0.39 is 11.7 Å². The summed E-state index contributed by atoms with van der Waals surface area (Å²) in [6.07, 6.45) is 1.28. The molecule has 2 heterocycles. The van der Waals surface area contributed by atoms with Crippen LogP contribution in [-0.2, 0) is 17.9 Å². The van der Waals surface area contributed by atoms with E-state index in [9.17, 15) is 14.0 Å². The largest absolute Gasteiger partial charge is 0.347 e. The average Bonchev–Trinajstić information content (AvgIpc) is 3.19. The van der Waals surface area contributed by atoms with Gasteiger partial charge in [0.05, 0.1) is 10.7 Å². The summed E-state index contributed by atoms with van der Waals surface area (Å²) >= 11 is 7.19. The van der Waals surface area contributed by atoms with E-state index in [4.69, 9.17) is 11.6 Å². The van der Waals surface area contributed by atoms with Gasteiger partial charge in [0.25, 0.3) is 5.56 Å². The van der Waals surface area contributed by atoms with Crippen LogP contribution in [0.3, 0.4) is 0 Å². The second kappa shape index (κ2) is 8.83. The van der Waals surface area contributed by atoms with Crippen molar-refractivity contribution in [2.75, 3.05) is 17.3 Å². The van der Waals surface area contributed by atoms with Crippen LogP contribution in [0.5, 0.6) is 0 Å². The monoisotopic (exact) mass is 457 g/mol. The lowest BCUT2D eigenvalue weighted by Crippen LogP contribution is -2.27. The molecule has 0 bridgehead atoms. The van der Waals surface area contributed by atoms with Crippen molar-refractivity contribution < 1.29 is 9.18 Å². The normalized spacial score (nSPS) is 10.9. The molecule has 0 radical (unpaired) electrons. The topological polar surface area (TPSA) is 80.1 Å². The van der Waals surface area contributed by atoms with E-state index in [0.29, 0.717) is 22.0 Å². The quantitative estimate of drug-likeness (QED) is 0.474. The molecule has 31 heavy (non-hydrogen) atoms. The van der Waals surface area contributed by atoms with E-state index in [-0.39, 0.29) is 22.8 Å². The fraction of sp³-hybridized carbons (Fsp3) is 0.143. The number of hydrogen-bond acceptors (Lipinski definition) is 6. The van der Waals surface area contributed by atoms with Gasteiger partial charge >= 0.3 is 0 Å². The van der Waals surface area contributed by atoms with Crippen LogP contribution in [0.2, 0.25) is 5.02 Å². The molecule has 0 saturated carbocycles. The zero-order valence-electron chi connectivity index (χ0n) is 16.4. The summed E-state index contributed by atoms with van der Waals surface area (Å²) in [6, 6.07) is 13.5. The molecule has 4 aromatic rings. The molecule has 2 aromatic carbocycles. The summed E-state index contributed by atoms with van der Waals surface area (Å²) in [5.41, 5.74) is 1.20. The van der Waals surface area contributed by atoms with Crippen LogP contribution in [0, 0.1) is 5.82 Å². The maximum Gasteiger partial charge on any atom is 0.273 e. The number of nitrogens with one attached hydrogen (secondary N) is 1. The van der Waals surface area contributed by atoms with Gasteiger partial charge in [0, 0.05) is 13.6 Å². The van der Waals surface area contributed by atoms with Crippen LogP contribution < -0.4 is 15.8 Å². The highest BCUT2D eigenvalue weighted by Gasteiger charge is 2.16. The number of carbonyl (C=O) groups excluding carboxylic acids is 1. The molecule has 4 rings (SSSR count). The van der Waals surface area contributed by atoms with Gasteiger partial charge in [0.2, 0.25) is 5.91 Å². The molecule has 7 nitrogen and oxygen atoms in total. The second-order valence-electron chi connectivity index (χ2n) is 6.84. The van der Waals surface area contributed by atoms with Crippen molar-refractivity contribution in [2.24, 2.45) is 0 Å². The van der Waals surface area contributed by atoms with Crippen molar-refractivity contribution in [3.63, 3.8) is 0 Å². The first-order chi connectivity index (χ1) is 14.9. The Morgan fingerprint density at radius 1 is 1.26 bits per heavy atom. The minimum Gasteiger partial charge on any atom is -0.347 e. The lowest BCUT2D eigenvalue weighted by Gasteiger charge is -2.15. The highest BCUT2D eigenvalue weighted by Crippen LogP contribution is 2.26. The Morgan fingerprint density at radius 2 is 2.03 bits per heavy atom. The summed E-state index contributed by atoms with van der Waals surface area (Å²) in [5.74, 6) is -1.06. The minimum absolute atomic E-state index is 0.136. The van der Waals surface area contributed by atoms with E-state index in [1.165, 1.54) is 34.4 Å². The number of anilines is 2. The van der Waals surface area contributed by atoms with E-state index in [0.717, 1.165) is 11.6 Å².